The summed E-state index contributed by atoms with van der Waals surface area (Å²) in [4.78, 5) is 3.73. The number of rotatable bonds is 1. The number of hydrogen-bond acceptors (Lipinski definition) is 3. The predicted octanol–water partition coefficient (Wildman–Crippen LogP) is -0.143. The maximum absolute atomic E-state index is 5.22. The highest BCUT2D eigenvalue weighted by Crippen LogP contribution is 1.78. The lowest BCUT2D eigenvalue weighted by Crippen LogP contribution is -2.07. The van der Waals surface area contributed by atoms with Crippen molar-refractivity contribution in [2.45, 2.75) is 6.67 Å². The summed E-state index contributed by atoms with van der Waals surface area (Å²) in [7, 11) is 0. The van der Waals surface area contributed by atoms with Crippen molar-refractivity contribution in [1.29, 1.82) is 0 Å². The molecule has 1 aromatic heterocycles. The van der Waals surface area contributed by atoms with Gasteiger partial charge in [-0.05, 0) is 12.2 Å². The topological polar surface area (TPSA) is 59.6 Å². The predicted molar refractivity (Wildman–Crippen MR) is 31.6 cm³/mol. The minimum absolute atomic E-state index is 0.360. The molecule has 0 aliphatic carbocycles. The van der Waals surface area contributed by atoms with Gasteiger partial charge in [0.1, 0.15) is 6.33 Å². The van der Waals surface area contributed by atoms with Crippen molar-refractivity contribution in [3.05, 3.63) is 11.1 Å². The smallest absolute Gasteiger partial charge is 0.217 e. The third kappa shape index (κ3) is 0.775. The molecule has 0 amide bonds. The quantitative estimate of drug-likeness (QED) is 0.520. The molecule has 3 N–H and O–H groups in total. The number of nitrogens with zero attached hydrogens (tertiary/aromatic N) is 2. The van der Waals surface area contributed by atoms with E-state index in [4.69, 9.17) is 18.0 Å². The van der Waals surface area contributed by atoms with Gasteiger partial charge in [-0.2, -0.15) is 0 Å². The Kier molecular flexibility index (Phi) is 1.40. The van der Waals surface area contributed by atoms with Crippen molar-refractivity contribution < 1.29 is 0 Å². The van der Waals surface area contributed by atoms with Gasteiger partial charge >= 0.3 is 0 Å². The maximum atomic E-state index is 5.22. The molecule has 5 heteroatoms. The summed E-state index contributed by atoms with van der Waals surface area (Å²) in [5.74, 6) is 0. The zero-order valence-electron chi connectivity index (χ0n) is 4.16. The Hall–Kier alpha value is -0.680. The largest absolute Gasteiger partial charge is 0.312 e. The average Bonchev–Trinajstić information content (AvgIpc) is 2.14. The SMILES string of the molecule is NCn1[nH]cnc1=S. The van der Waals surface area contributed by atoms with E-state index in [2.05, 4.69) is 10.1 Å². The van der Waals surface area contributed by atoms with Gasteiger partial charge in [-0.1, -0.05) is 0 Å². The summed E-state index contributed by atoms with van der Waals surface area (Å²) in [5, 5.41) is 2.73. The van der Waals surface area contributed by atoms with Crippen LogP contribution >= 0.6 is 12.2 Å². The van der Waals surface area contributed by atoms with Gasteiger partial charge in [0.05, 0.1) is 6.67 Å². The Morgan fingerprint density at radius 1 is 2.00 bits per heavy atom. The fourth-order valence-corrected chi connectivity index (χ4v) is 0.589. The Morgan fingerprint density at radius 2 is 2.75 bits per heavy atom. The molecule has 0 radical (unpaired) electrons. The first-order valence-corrected chi connectivity index (χ1v) is 2.55. The van der Waals surface area contributed by atoms with Crippen LogP contribution in [0.5, 0.6) is 0 Å². The fourth-order valence-electron chi connectivity index (χ4n) is 0.409. The van der Waals surface area contributed by atoms with Gasteiger partial charge in [0.2, 0.25) is 4.77 Å². The minimum atomic E-state index is 0.360. The highest BCUT2D eigenvalue weighted by molar-refractivity contribution is 7.71. The normalized spacial score (nSPS) is 9.62. The Balaban J connectivity index is 3.11. The van der Waals surface area contributed by atoms with Gasteiger partial charge in [-0.15, -0.1) is 0 Å². The molecule has 0 saturated carbocycles. The zero-order chi connectivity index (χ0) is 5.98. The van der Waals surface area contributed by atoms with E-state index in [9.17, 15) is 0 Å². The van der Waals surface area contributed by atoms with Crippen LogP contribution in [-0.4, -0.2) is 14.8 Å². The summed E-state index contributed by atoms with van der Waals surface area (Å²) in [5.41, 5.74) is 5.22. The molecule has 1 rings (SSSR count). The van der Waals surface area contributed by atoms with Gasteiger partial charge in [0.15, 0.2) is 0 Å². The van der Waals surface area contributed by atoms with E-state index in [1.54, 1.807) is 4.68 Å². The monoisotopic (exact) mass is 130 g/mol. The highest BCUT2D eigenvalue weighted by Gasteiger charge is 1.84. The Morgan fingerprint density at radius 3 is 3.00 bits per heavy atom. The second-order valence-electron chi connectivity index (χ2n) is 1.28. The molecule has 0 aliphatic heterocycles. The van der Waals surface area contributed by atoms with Crippen LogP contribution in [0.15, 0.2) is 6.33 Å². The van der Waals surface area contributed by atoms with Crippen molar-refractivity contribution in [2.24, 2.45) is 5.73 Å². The molecule has 1 aromatic rings. The van der Waals surface area contributed by atoms with Crippen molar-refractivity contribution >= 4 is 12.2 Å². The molecule has 4 nitrogen and oxygen atoms in total. The van der Waals surface area contributed by atoms with Crippen molar-refractivity contribution in [3.8, 4) is 0 Å². The van der Waals surface area contributed by atoms with E-state index in [0.29, 0.717) is 11.4 Å². The Bertz CT molecular complexity index is 211. The first-order chi connectivity index (χ1) is 3.84. The van der Waals surface area contributed by atoms with E-state index < -0.39 is 0 Å². The van der Waals surface area contributed by atoms with E-state index in [1.165, 1.54) is 6.33 Å². The molecule has 0 aromatic carbocycles. The number of nitrogens with one attached hydrogen (secondary N) is 1. The average molecular weight is 130 g/mol. The molecular weight excluding hydrogens is 124 g/mol. The van der Waals surface area contributed by atoms with Gasteiger partial charge < -0.3 is 5.73 Å². The van der Waals surface area contributed by atoms with Crippen molar-refractivity contribution in [1.82, 2.24) is 14.8 Å². The van der Waals surface area contributed by atoms with E-state index >= 15 is 0 Å². The summed E-state index contributed by atoms with van der Waals surface area (Å²) >= 11 is 4.73. The molecule has 0 fully saturated rings. The number of H-pyrrole nitrogens is 1. The standard InChI is InChI=1S/C3H6N4S/c4-1-7-3(8)5-2-6-7/h2H,1,4H2,(H,5,6,8). The van der Waals surface area contributed by atoms with E-state index in [-0.39, 0.29) is 0 Å². The summed E-state index contributed by atoms with van der Waals surface area (Å²) < 4.78 is 2.06. The maximum Gasteiger partial charge on any atom is 0.217 e. The van der Waals surface area contributed by atoms with Crippen LogP contribution in [0.1, 0.15) is 0 Å². The zero-order valence-corrected chi connectivity index (χ0v) is 4.98. The van der Waals surface area contributed by atoms with Crippen LogP contribution in [-0.2, 0) is 6.67 Å². The lowest BCUT2D eigenvalue weighted by molar-refractivity contribution is 0.628. The van der Waals surface area contributed by atoms with Crippen LogP contribution in [0, 0.1) is 4.77 Å². The van der Waals surface area contributed by atoms with E-state index in [1.807, 2.05) is 0 Å². The van der Waals surface area contributed by atoms with Crippen molar-refractivity contribution in [3.63, 3.8) is 0 Å². The number of nitrogens with two attached hydrogens (primary N) is 1. The second kappa shape index (κ2) is 2.06. The van der Waals surface area contributed by atoms with Gasteiger partial charge in [0.25, 0.3) is 0 Å². The number of hydrogen-bond donors (Lipinski definition) is 2. The van der Waals surface area contributed by atoms with Crippen LogP contribution in [0.2, 0.25) is 0 Å². The number of aromatic amines is 1. The first kappa shape index (κ1) is 5.46. The van der Waals surface area contributed by atoms with Gasteiger partial charge in [-0.3, -0.25) is 5.10 Å². The molecule has 0 unspecified atom stereocenters. The van der Waals surface area contributed by atoms with Gasteiger partial charge in [0, 0.05) is 0 Å². The third-order valence-corrected chi connectivity index (χ3v) is 1.13. The lowest BCUT2D eigenvalue weighted by Gasteiger charge is -1.89. The number of aromatic nitrogens is 3. The molecule has 0 aliphatic rings. The van der Waals surface area contributed by atoms with E-state index in [0.717, 1.165) is 0 Å². The van der Waals surface area contributed by atoms with Crippen LogP contribution in [0.4, 0.5) is 0 Å². The molecular formula is C3H6N4S. The first-order valence-electron chi connectivity index (χ1n) is 2.15. The summed E-state index contributed by atoms with van der Waals surface area (Å²) in [6, 6.07) is 0. The fraction of sp³-hybridized carbons (Fsp3) is 0.333. The second-order valence-corrected chi connectivity index (χ2v) is 1.65. The third-order valence-electron chi connectivity index (χ3n) is 0.802. The summed E-state index contributed by atoms with van der Waals surface area (Å²) in [6.07, 6.45) is 1.51. The lowest BCUT2D eigenvalue weighted by atomic mass is 11.1. The molecule has 44 valence electrons. The molecule has 0 bridgehead atoms. The Labute approximate surface area is 51.3 Å². The molecule has 1 heterocycles. The molecule has 8 heavy (non-hydrogen) atoms. The molecule has 0 saturated heterocycles. The molecule has 0 atom stereocenters. The minimum Gasteiger partial charge on any atom is -0.312 e. The van der Waals surface area contributed by atoms with Crippen LogP contribution < -0.4 is 5.73 Å². The van der Waals surface area contributed by atoms with Crippen LogP contribution in [0.3, 0.4) is 0 Å². The summed E-state index contributed by atoms with van der Waals surface area (Å²) in [6.45, 7) is 0.360. The van der Waals surface area contributed by atoms with Crippen molar-refractivity contribution in [2.75, 3.05) is 0 Å². The van der Waals surface area contributed by atoms with Crippen LogP contribution in [0.25, 0.3) is 0 Å². The highest BCUT2D eigenvalue weighted by atomic mass is 32.1. The molecule has 0 spiro atoms. The van der Waals surface area contributed by atoms with Gasteiger partial charge in [-0.25, -0.2) is 9.67 Å².